The number of rotatable bonds is 3. The SMILES string of the molecule is C[C@H]1CN(C(=O)c2cc(-c3ccccc3)nn2-c2ccc(F)cc2)C[C@H](C)O1. The van der Waals surface area contributed by atoms with Gasteiger partial charge < -0.3 is 9.64 Å². The van der Waals surface area contributed by atoms with Crippen LogP contribution < -0.4 is 0 Å². The predicted molar refractivity (Wildman–Crippen MR) is 105 cm³/mol. The number of carbonyl (C=O) groups excluding carboxylic acids is 1. The lowest BCUT2D eigenvalue weighted by atomic mass is 10.1. The number of hydrogen-bond acceptors (Lipinski definition) is 3. The van der Waals surface area contributed by atoms with Crippen LogP contribution in [0.1, 0.15) is 24.3 Å². The summed E-state index contributed by atoms with van der Waals surface area (Å²) >= 11 is 0. The molecule has 2 atom stereocenters. The molecular weight excluding hydrogens is 357 g/mol. The van der Waals surface area contributed by atoms with E-state index in [2.05, 4.69) is 5.10 Å². The van der Waals surface area contributed by atoms with Crippen molar-refractivity contribution in [3.8, 4) is 16.9 Å². The molecule has 0 bridgehead atoms. The van der Waals surface area contributed by atoms with Gasteiger partial charge in [0.15, 0.2) is 0 Å². The first kappa shape index (κ1) is 18.4. The molecule has 28 heavy (non-hydrogen) atoms. The van der Waals surface area contributed by atoms with Crippen molar-refractivity contribution in [2.24, 2.45) is 0 Å². The van der Waals surface area contributed by atoms with Crippen LogP contribution in [0.15, 0.2) is 60.7 Å². The normalized spacial score (nSPS) is 19.6. The third-order valence-corrected chi connectivity index (χ3v) is 4.78. The number of aromatic nitrogens is 2. The van der Waals surface area contributed by atoms with Gasteiger partial charge in [0.25, 0.3) is 5.91 Å². The molecule has 144 valence electrons. The standard InChI is InChI=1S/C22H22FN3O2/c1-15-13-25(14-16(2)28-15)22(27)21-12-20(17-6-4-3-5-7-17)24-26(21)19-10-8-18(23)9-11-19/h3-12,15-16H,13-14H2,1-2H3/t15-,16-/m0/s1. The quantitative estimate of drug-likeness (QED) is 0.693. The molecule has 1 aromatic heterocycles. The Kier molecular flexibility index (Phi) is 4.96. The number of carbonyl (C=O) groups is 1. The maximum absolute atomic E-state index is 13.4. The molecule has 1 amide bonds. The highest BCUT2D eigenvalue weighted by molar-refractivity contribution is 5.94. The molecular formula is C22H22FN3O2. The fourth-order valence-corrected chi connectivity index (χ4v) is 3.57. The van der Waals surface area contributed by atoms with E-state index in [1.165, 1.54) is 12.1 Å². The third kappa shape index (κ3) is 3.68. The van der Waals surface area contributed by atoms with E-state index in [1.54, 1.807) is 27.8 Å². The molecule has 0 spiro atoms. The second-order valence-corrected chi connectivity index (χ2v) is 7.14. The maximum atomic E-state index is 13.4. The molecule has 3 aromatic rings. The van der Waals surface area contributed by atoms with E-state index in [-0.39, 0.29) is 23.9 Å². The second kappa shape index (κ2) is 7.56. The number of nitrogens with zero attached hydrogens (tertiary/aromatic N) is 3. The molecule has 1 saturated heterocycles. The van der Waals surface area contributed by atoms with Gasteiger partial charge in [0.05, 0.1) is 23.6 Å². The largest absolute Gasteiger partial charge is 0.372 e. The minimum atomic E-state index is -0.331. The van der Waals surface area contributed by atoms with Crippen LogP contribution in [0.4, 0.5) is 4.39 Å². The van der Waals surface area contributed by atoms with Crippen molar-refractivity contribution in [1.82, 2.24) is 14.7 Å². The average molecular weight is 379 g/mol. The lowest BCUT2D eigenvalue weighted by Gasteiger charge is -2.35. The first-order valence-corrected chi connectivity index (χ1v) is 9.37. The van der Waals surface area contributed by atoms with Crippen LogP contribution in [0.3, 0.4) is 0 Å². The Morgan fingerprint density at radius 2 is 1.68 bits per heavy atom. The van der Waals surface area contributed by atoms with Crippen LogP contribution in [0.25, 0.3) is 16.9 Å². The summed E-state index contributed by atoms with van der Waals surface area (Å²) in [5.74, 6) is -0.441. The van der Waals surface area contributed by atoms with Crippen LogP contribution in [0.5, 0.6) is 0 Å². The molecule has 1 fully saturated rings. The number of ether oxygens (including phenoxy) is 1. The molecule has 5 nitrogen and oxygen atoms in total. The van der Waals surface area contributed by atoms with Crippen molar-refractivity contribution in [1.29, 1.82) is 0 Å². The van der Waals surface area contributed by atoms with E-state index in [1.807, 2.05) is 44.2 Å². The number of halogens is 1. The molecule has 2 heterocycles. The summed E-state index contributed by atoms with van der Waals surface area (Å²) in [6.07, 6.45) is -0.0491. The Labute approximate surface area is 163 Å². The third-order valence-electron chi connectivity index (χ3n) is 4.78. The van der Waals surface area contributed by atoms with Gasteiger partial charge in [-0.25, -0.2) is 9.07 Å². The lowest BCUT2D eigenvalue weighted by Crippen LogP contribution is -2.48. The zero-order chi connectivity index (χ0) is 19.7. The van der Waals surface area contributed by atoms with Crippen molar-refractivity contribution in [3.05, 3.63) is 72.2 Å². The minimum Gasteiger partial charge on any atom is -0.372 e. The highest BCUT2D eigenvalue weighted by Gasteiger charge is 2.29. The molecule has 0 unspecified atom stereocenters. The maximum Gasteiger partial charge on any atom is 0.272 e. The van der Waals surface area contributed by atoms with Gasteiger partial charge >= 0.3 is 0 Å². The summed E-state index contributed by atoms with van der Waals surface area (Å²) in [6, 6.07) is 17.5. The Hall–Kier alpha value is -2.99. The fraction of sp³-hybridized carbons (Fsp3) is 0.273. The van der Waals surface area contributed by atoms with Crippen LogP contribution in [0.2, 0.25) is 0 Å². The highest BCUT2D eigenvalue weighted by Crippen LogP contribution is 2.24. The van der Waals surface area contributed by atoms with E-state index in [0.29, 0.717) is 30.2 Å². The number of morpholine rings is 1. The van der Waals surface area contributed by atoms with Crippen LogP contribution in [0, 0.1) is 5.82 Å². The molecule has 0 N–H and O–H groups in total. The van der Waals surface area contributed by atoms with E-state index in [0.717, 1.165) is 5.56 Å². The lowest BCUT2D eigenvalue weighted by molar-refractivity contribution is -0.0588. The van der Waals surface area contributed by atoms with Gasteiger partial charge in [0.1, 0.15) is 11.5 Å². The Morgan fingerprint density at radius 3 is 2.32 bits per heavy atom. The van der Waals surface area contributed by atoms with Crippen molar-refractivity contribution in [3.63, 3.8) is 0 Å². The first-order chi connectivity index (χ1) is 13.5. The van der Waals surface area contributed by atoms with Gasteiger partial charge in [0.2, 0.25) is 0 Å². The van der Waals surface area contributed by atoms with E-state index < -0.39 is 0 Å². The van der Waals surface area contributed by atoms with E-state index in [4.69, 9.17) is 4.74 Å². The van der Waals surface area contributed by atoms with Gasteiger partial charge in [-0.05, 0) is 44.2 Å². The van der Waals surface area contributed by atoms with Crippen LogP contribution >= 0.6 is 0 Å². The topological polar surface area (TPSA) is 47.4 Å². The summed E-state index contributed by atoms with van der Waals surface area (Å²) in [6.45, 7) is 4.97. The zero-order valence-corrected chi connectivity index (χ0v) is 15.9. The molecule has 0 saturated carbocycles. The number of benzene rings is 2. The van der Waals surface area contributed by atoms with Crippen molar-refractivity contribution < 1.29 is 13.9 Å². The summed E-state index contributed by atoms with van der Waals surface area (Å²) in [5, 5.41) is 4.65. The molecule has 6 heteroatoms. The average Bonchev–Trinajstić information content (AvgIpc) is 3.13. The van der Waals surface area contributed by atoms with Crippen molar-refractivity contribution in [2.45, 2.75) is 26.1 Å². The summed E-state index contributed by atoms with van der Waals surface area (Å²) in [4.78, 5) is 15.1. The van der Waals surface area contributed by atoms with Crippen LogP contribution in [-0.2, 0) is 4.74 Å². The van der Waals surface area contributed by atoms with E-state index in [9.17, 15) is 9.18 Å². The van der Waals surface area contributed by atoms with E-state index >= 15 is 0 Å². The summed E-state index contributed by atoms with van der Waals surface area (Å²) in [5.41, 5.74) is 2.71. The Balaban J connectivity index is 1.77. The molecule has 4 rings (SSSR count). The number of hydrogen-bond donors (Lipinski definition) is 0. The van der Waals surface area contributed by atoms with Crippen molar-refractivity contribution >= 4 is 5.91 Å². The molecule has 0 radical (unpaired) electrons. The smallest absolute Gasteiger partial charge is 0.272 e. The van der Waals surface area contributed by atoms with Crippen LogP contribution in [-0.4, -0.2) is 45.9 Å². The molecule has 1 aliphatic rings. The Bertz CT molecular complexity index is 959. The minimum absolute atomic E-state index is 0.0245. The monoisotopic (exact) mass is 379 g/mol. The van der Waals surface area contributed by atoms with Gasteiger partial charge in [-0.1, -0.05) is 30.3 Å². The summed E-state index contributed by atoms with van der Waals surface area (Å²) < 4.78 is 20.7. The second-order valence-electron chi connectivity index (χ2n) is 7.14. The molecule has 2 aromatic carbocycles. The Morgan fingerprint density at radius 1 is 1.04 bits per heavy atom. The zero-order valence-electron chi connectivity index (χ0n) is 15.9. The van der Waals surface area contributed by atoms with Gasteiger partial charge in [-0.3, -0.25) is 4.79 Å². The van der Waals surface area contributed by atoms with Gasteiger partial charge in [-0.2, -0.15) is 5.10 Å². The summed E-state index contributed by atoms with van der Waals surface area (Å²) in [7, 11) is 0. The van der Waals surface area contributed by atoms with Gasteiger partial charge in [-0.15, -0.1) is 0 Å². The molecule has 1 aliphatic heterocycles. The van der Waals surface area contributed by atoms with Gasteiger partial charge in [0, 0.05) is 18.7 Å². The predicted octanol–water partition coefficient (Wildman–Crippen LogP) is 3.93. The molecule has 0 aliphatic carbocycles. The first-order valence-electron chi connectivity index (χ1n) is 9.37. The number of amides is 1. The highest BCUT2D eigenvalue weighted by atomic mass is 19.1. The van der Waals surface area contributed by atoms with Crippen molar-refractivity contribution in [2.75, 3.05) is 13.1 Å². The fourth-order valence-electron chi connectivity index (χ4n) is 3.57.